The Kier molecular flexibility index (Phi) is 48.5. The second-order valence-electron chi connectivity index (χ2n) is 17.0. The summed E-state index contributed by atoms with van der Waals surface area (Å²) in [6, 6.07) is 73.7. The van der Waals surface area contributed by atoms with Crippen LogP contribution >= 0.6 is 0 Å². The first-order valence-electron chi connectivity index (χ1n) is 29.3. The van der Waals surface area contributed by atoms with Gasteiger partial charge >= 0.3 is 0 Å². The van der Waals surface area contributed by atoms with E-state index in [1.54, 1.807) is 0 Å². The topological polar surface area (TPSA) is 14.8 Å². The summed E-state index contributed by atoms with van der Waals surface area (Å²) >= 11 is 0. The van der Waals surface area contributed by atoms with Gasteiger partial charge in [-0.05, 0) is 42.5 Å². The molecule has 3 nitrogen and oxygen atoms in total. The fraction of sp³-hybridized carbons (Fsp3) is 0.260. The van der Waals surface area contributed by atoms with Crippen molar-refractivity contribution in [3.05, 3.63) is 216 Å². The molecule has 420 valence electrons. The molecule has 0 saturated heterocycles. The van der Waals surface area contributed by atoms with Gasteiger partial charge in [-0.15, -0.1) is 0 Å². The smallest absolute Gasteiger partial charge is 0.120 e. The van der Waals surface area contributed by atoms with E-state index < -0.39 is 0 Å². The summed E-state index contributed by atoms with van der Waals surface area (Å²) < 4.78 is 7.57. The van der Waals surface area contributed by atoms with Crippen molar-refractivity contribution in [3.63, 3.8) is 0 Å². The number of para-hydroxylation sites is 5. The fourth-order valence-corrected chi connectivity index (χ4v) is 11.4. The Bertz CT molecular complexity index is 3800. The summed E-state index contributed by atoms with van der Waals surface area (Å²) in [5.74, 6) is 0. The third-order valence-electron chi connectivity index (χ3n) is 13.8. The minimum atomic E-state index is 0. The molecule has 0 N–H and O–H groups in total. The van der Waals surface area contributed by atoms with E-state index >= 15 is 0 Å². The Labute approximate surface area is 714 Å². The zero-order valence-electron chi connectivity index (χ0n) is 54.1. The molecular weight excluding hydrogens is 1640 g/mol. The Hall–Kier alpha value is 1.28. The summed E-state index contributed by atoms with van der Waals surface area (Å²) in [5, 5.41) is 7.44. The van der Waals surface area contributed by atoms with E-state index in [-0.39, 0.29) is 268 Å². The number of fused-ring (bicyclic) bond motifs is 16. The van der Waals surface area contributed by atoms with Crippen LogP contribution in [-0.2, 0) is 275 Å². The van der Waals surface area contributed by atoms with Crippen molar-refractivity contribution in [1.29, 1.82) is 0 Å². The van der Waals surface area contributed by atoms with Gasteiger partial charge in [-0.2, -0.15) is 98.8 Å². The number of hydrogen-bond donors (Lipinski definition) is 0. The fourth-order valence-electron chi connectivity index (χ4n) is 11.4. The monoisotopic (exact) mass is 1720 g/mol. The number of aryl methyl sites for hydroxylation is 1. The van der Waals surface area contributed by atoms with Crippen molar-refractivity contribution in [3.8, 4) is 17.1 Å². The second-order valence-corrected chi connectivity index (χ2v) is 17.0. The van der Waals surface area contributed by atoms with Crippen molar-refractivity contribution in [2.24, 2.45) is 0 Å². The third kappa shape index (κ3) is 17.8. The van der Waals surface area contributed by atoms with E-state index in [2.05, 4.69) is 209 Å². The molecule has 5 heterocycles. The molecule has 0 spiro atoms. The quantitative estimate of drug-likeness (QED) is 0.124. The van der Waals surface area contributed by atoms with Crippen LogP contribution < -0.4 is 16.4 Å². The van der Waals surface area contributed by atoms with Crippen LogP contribution in [0.1, 0.15) is 139 Å². The molecule has 12 heteroatoms. The maximum atomic E-state index is 3.93. The number of nitrogens with zero attached hydrogens (tertiary/aromatic N) is 3. The molecule has 12 aromatic rings. The molecule has 0 fully saturated rings. The molecule has 2 aliphatic heterocycles. The SMILES string of the molecule is CC.CC.CC.CC.CC.CC.CC.CC.Cc1[c-]cc2c(c1)Cc1c[c-]cc3c1B2c1cc(-n2c4ccccc4c4c2c2c5ccccc5n(-c5ccccc5)c2c2c5ccccc5n(-c5ccccc5)c42)[c-]cc1C3.[Y].[Y].[Y].[Y].[Y].[Y].[Y].[Y]. The number of rotatable bonds is 3. The second kappa shape index (κ2) is 45.6. The third-order valence-corrected chi connectivity index (χ3v) is 13.8. The molecule has 9 aromatic carbocycles. The number of hydrogen-bond acceptors (Lipinski definition) is 0. The van der Waals surface area contributed by atoms with Gasteiger partial charge in [-0.25, -0.2) is 0 Å². The molecule has 3 aromatic heterocycles. The van der Waals surface area contributed by atoms with Crippen molar-refractivity contribution in [2.45, 2.75) is 131 Å². The van der Waals surface area contributed by atoms with Crippen LogP contribution in [0.2, 0.25) is 0 Å². The first kappa shape index (κ1) is 90.5. The van der Waals surface area contributed by atoms with Crippen molar-refractivity contribution in [1.82, 2.24) is 13.7 Å². The van der Waals surface area contributed by atoms with Crippen LogP contribution in [0.25, 0.3) is 82.5 Å². The molecule has 0 atom stereocenters. The van der Waals surface area contributed by atoms with Crippen LogP contribution in [0.5, 0.6) is 0 Å². The number of benzene rings is 9. The van der Waals surface area contributed by atoms with E-state index in [0.29, 0.717) is 0 Å². The normalized spacial score (nSPS) is 10.0. The Morgan fingerprint density at radius 2 is 0.694 bits per heavy atom. The van der Waals surface area contributed by atoms with Crippen LogP contribution in [0.15, 0.2) is 170 Å². The Morgan fingerprint density at radius 1 is 0.341 bits per heavy atom. The molecular formula is C73H83BN3Y8-3. The van der Waals surface area contributed by atoms with Gasteiger partial charge in [-0.3, -0.25) is 0 Å². The van der Waals surface area contributed by atoms with Crippen molar-refractivity contribution >= 4 is 88.5 Å². The Balaban J connectivity index is -0.00000261. The number of aromatic nitrogens is 3. The van der Waals surface area contributed by atoms with Gasteiger partial charge in [0.25, 0.3) is 0 Å². The van der Waals surface area contributed by atoms with E-state index in [1.165, 1.54) is 110 Å². The van der Waals surface area contributed by atoms with Crippen LogP contribution in [-0.4, -0.2) is 20.4 Å². The maximum absolute atomic E-state index is 3.93. The maximum Gasteiger partial charge on any atom is 0.120 e. The first-order valence-corrected chi connectivity index (χ1v) is 29.3. The predicted molar refractivity (Wildman–Crippen MR) is 345 cm³/mol. The van der Waals surface area contributed by atoms with Crippen LogP contribution in [0, 0.1) is 25.1 Å². The predicted octanol–water partition coefficient (Wildman–Crippen LogP) is 19.2. The average molecular weight is 1720 g/mol. The van der Waals surface area contributed by atoms with Gasteiger partial charge in [0, 0.05) is 305 Å². The van der Waals surface area contributed by atoms with E-state index in [9.17, 15) is 0 Å². The molecule has 8 radical (unpaired) electrons. The van der Waals surface area contributed by atoms with Crippen molar-refractivity contribution < 1.29 is 262 Å². The molecule has 0 unspecified atom stereocenters. The molecule has 14 rings (SSSR count). The van der Waals surface area contributed by atoms with Crippen molar-refractivity contribution in [2.75, 3.05) is 0 Å². The summed E-state index contributed by atoms with van der Waals surface area (Å²) in [4.78, 5) is 0. The van der Waals surface area contributed by atoms with Gasteiger partial charge in [0.1, 0.15) is 6.71 Å². The van der Waals surface area contributed by atoms with E-state index in [4.69, 9.17) is 0 Å². The Morgan fingerprint density at radius 3 is 1.11 bits per heavy atom. The first-order chi connectivity index (χ1) is 38.2. The molecule has 85 heavy (non-hydrogen) atoms. The van der Waals surface area contributed by atoms with Gasteiger partial charge in [0.2, 0.25) is 0 Å². The minimum Gasteiger partial charge on any atom is -0.333 e. The minimum absolute atomic E-state index is 0. The van der Waals surface area contributed by atoms with Gasteiger partial charge in [0.05, 0.1) is 33.1 Å². The summed E-state index contributed by atoms with van der Waals surface area (Å²) in [6.45, 7) is 34.3. The molecule has 0 aliphatic carbocycles. The van der Waals surface area contributed by atoms with Gasteiger partial charge < -0.3 is 13.7 Å². The zero-order chi connectivity index (χ0) is 55.9. The molecule has 2 aliphatic rings. The average Bonchev–Trinajstić information content (AvgIpc) is 1.59. The standard InChI is InChI=1S/C57H35BN3.8C2H6.8Y/c1-35-27-30-46-39(31-35)33-38-16-14-15-37-32-36-28-29-42(34-47(36)58(46)54(37)38)61-50-26-13-10-23-45(50)53-56-51(43-21-8-11-24-48(43)59(56)40-17-4-2-5-18-40)55-52(57(53)61)44-22-9-12-25-49(44)60(55)41-19-6-3-7-20-41;8*1-2;;;;;;;;/h2-13,15-26,28,30-31,34H,32-33H2,1H3;8*1-2H3;;;;;;;;/q-3;;;;;;;;;;;;;;;;. The van der Waals surface area contributed by atoms with Gasteiger partial charge in [-0.1, -0.05) is 227 Å². The van der Waals surface area contributed by atoms with Crippen LogP contribution in [0.4, 0.5) is 0 Å². The molecule has 0 amide bonds. The summed E-state index contributed by atoms with van der Waals surface area (Å²) in [5.41, 5.74) is 21.4. The summed E-state index contributed by atoms with van der Waals surface area (Å²) in [7, 11) is 0. The van der Waals surface area contributed by atoms with Gasteiger partial charge in [0.15, 0.2) is 0 Å². The van der Waals surface area contributed by atoms with Crippen LogP contribution in [0.3, 0.4) is 0 Å². The summed E-state index contributed by atoms with van der Waals surface area (Å²) in [6.07, 6.45) is 1.82. The van der Waals surface area contributed by atoms with E-state index in [1.807, 2.05) is 111 Å². The molecule has 0 saturated carbocycles. The molecule has 0 bridgehead atoms. The zero-order valence-corrected chi connectivity index (χ0v) is 76.8. The van der Waals surface area contributed by atoms with E-state index in [0.717, 1.165) is 29.9 Å². The largest absolute Gasteiger partial charge is 0.333 e.